The van der Waals surface area contributed by atoms with Crippen LogP contribution in [0.3, 0.4) is 0 Å². The molecule has 7 heteroatoms. The van der Waals surface area contributed by atoms with Crippen LogP contribution in [0.25, 0.3) is 0 Å². The quantitative estimate of drug-likeness (QED) is 0.855. The number of hydrogen-bond acceptors (Lipinski definition) is 4. The van der Waals surface area contributed by atoms with Crippen molar-refractivity contribution >= 4 is 27.5 Å². The number of halogens is 1. The standard InChI is InChI=1S/C18H20ClNO4S/c1-18(2,3)24-17(21)20-16(13-9-11-14(19)12-10-13)25(22,23)15-7-5-4-6-8-15/h4-12,16H,1-3H3,(H,20,21)/t16-/m0/s1. The van der Waals surface area contributed by atoms with Crippen LogP contribution in [0.5, 0.6) is 0 Å². The van der Waals surface area contributed by atoms with Crippen LogP contribution in [0.15, 0.2) is 59.5 Å². The van der Waals surface area contributed by atoms with Crippen LogP contribution in [0.1, 0.15) is 31.7 Å². The molecule has 0 fully saturated rings. The number of ether oxygens (including phenoxy) is 1. The van der Waals surface area contributed by atoms with Crippen molar-refractivity contribution in [2.24, 2.45) is 0 Å². The van der Waals surface area contributed by atoms with Gasteiger partial charge in [-0.05, 0) is 50.6 Å². The van der Waals surface area contributed by atoms with Crippen molar-refractivity contribution in [2.75, 3.05) is 0 Å². The first-order chi connectivity index (χ1) is 11.6. The number of alkyl carbamates (subject to hydrolysis) is 1. The maximum Gasteiger partial charge on any atom is 0.408 e. The summed E-state index contributed by atoms with van der Waals surface area (Å²) in [6.45, 7) is 5.11. The van der Waals surface area contributed by atoms with Crippen LogP contribution in [-0.4, -0.2) is 20.1 Å². The first-order valence-corrected chi connectivity index (χ1v) is 9.56. The van der Waals surface area contributed by atoms with Gasteiger partial charge in [0.05, 0.1) is 4.90 Å². The third-order valence-electron chi connectivity index (χ3n) is 3.20. The van der Waals surface area contributed by atoms with Gasteiger partial charge in [-0.15, -0.1) is 0 Å². The summed E-state index contributed by atoms with van der Waals surface area (Å²) in [5, 5.41) is 1.64. The zero-order valence-electron chi connectivity index (χ0n) is 14.2. The molecule has 0 radical (unpaired) electrons. The van der Waals surface area contributed by atoms with Gasteiger partial charge in [-0.25, -0.2) is 13.2 Å². The summed E-state index contributed by atoms with van der Waals surface area (Å²) in [5.41, 5.74) is -0.357. The molecule has 0 heterocycles. The molecule has 5 nitrogen and oxygen atoms in total. The Balaban J connectivity index is 2.42. The van der Waals surface area contributed by atoms with Crippen LogP contribution in [0.4, 0.5) is 4.79 Å². The van der Waals surface area contributed by atoms with E-state index in [0.29, 0.717) is 10.6 Å². The van der Waals surface area contributed by atoms with Crippen molar-refractivity contribution in [1.29, 1.82) is 0 Å². The first kappa shape index (κ1) is 19.3. The molecule has 2 rings (SSSR count). The lowest BCUT2D eigenvalue weighted by Crippen LogP contribution is -2.38. The predicted octanol–water partition coefficient (Wildman–Crippen LogP) is 4.34. The van der Waals surface area contributed by atoms with Gasteiger partial charge in [-0.2, -0.15) is 0 Å². The molecule has 1 amide bonds. The molecule has 2 aromatic carbocycles. The maximum absolute atomic E-state index is 13.0. The Morgan fingerprint density at radius 1 is 1.04 bits per heavy atom. The van der Waals surface area contributed by atoms with E-state index in [9.17, 15) is 13.2 Å². The fourth-order valence-corrected chi connectivity index (χ4v) is 3.84. The van der Waals surface area contributed by atoms with E-state index in [0.717, 1.165) is 0 Å². The van der Waals surface area contributed by atoms with E-state index in [1.54, 1.807) is 63.2 Å². The van der Waals surface area contributed by atoms with Crippen LogP contribution in [0, 0.1) is 0 Å². The van der Waals surface area contributed by atoms with Gasteiger partial charge in [0, 0.05) is 5.02 Å². The molecule has 0 aromatic heterocycles. The van der Waals surface area contributed by atoms with E-state index in [1.807, 2.05) is 0 Å². The molecule has 0 saturated carbocycles. The van der Waals surface area contributed by atoms with E-state index >= 15 is 0 Å². The number of carbonyl (C=O) groups is 1. The molecule has 2 aromatic rings. The summed E-state index contributed by atoms with van der Waals surface area (Å²) in [4.78, 5) is 12.3. The van der Waals surface area contributed by atoms with E-state index in [4.69, 9.17) is 16.3 Å². The summed E-state index contributed by atoms with van der Waals surface area (Å²) in [7, 11) is -3.87. The summed E-state index contributed by atoms with van der Waals surface area (Å²) in [6.07, 6.45) is -0.813. The van der Waals surface area contributed by atoms with E-state index < -0.39 is 26.9 Å². The molecule has 134 valence electrons. The Morgan fingerprint density at radius 2 is 1.60 bits per heavy atom. The predicted molar refractivity (Wildman–Crippen MR) is 97.2 cm³/mol. The van der Waals surface area contributed by atoms with Gasteiger partial charge in [0.15, 0.2) is 5.37 Å². The SMILES string of the molecule is CC(C)(C)OC(=O)N[C@H](c1ccc(Cl)cc1)S(=O)(=O)c1ccccc1. The monoisotopic (exact) mass is 381 g/mol. The molecule has 0 bridgehead atoms. The van der Waals surface area contributed by atoms with Gasteiger partial charge in [0.1, 0.15) is 5.60 Å². The molecule has 25 heavy (non-hydrogen) atoms. The minimum absolute atomic E-state index is 0.103. The lowest BCUT2D eigenvalue weighted by Gasteiger charge is -2.24. The number of amides is 1. The molecule has 0 saturated heterocycles. The minimum atomic E-state index is -3.87. The van der Waals surface area contributed by atoms with Gasteiger partial charge in [0.2, 0.25) is 9.84 Å². The van der Waals surface area contributed by atoms with E-state index in [2.05, 4.69) is 5.32 Å². The second kappa shape index (κ2) is 7.45. The molecule has 0 spiro atoms. The highest BCUT2D eigenvalue weighted by Gasteiger charge is 2.32. The van der Waals surface area contributed by atoms with Crippen LogP contribution >= 0.6 is 11.6 Å². The first-order valence-electron chi connectivity index (χ1n) is 7.63. The van der Waals surface area contributed by atoms with Gasteiger partial charge >= 0.3 is 6.09 Å². The summed E-state index contributed by atoms with van der Waals surface area (Å²) >= 11 is 5.88. The highest BCUT2D eigenvalue weighted by Crippen LogP contribution is 2.28. The van der Waals surface area contributed by atoms with Gasteiger partial charge in [-0.3, -0.25) is 0 Å². The Kier molecular flexibility index (Phi) is 5.75. The van der Waals surface area contributed by atoms with Crippen molar-refractivity contribution in [3.8, 4) is 0 Å². The maximum atomic E-state index is 13.0. The number of hydrogen-bond donors (Lipinski definition) is 1. The number of carbonyl (C=O) groups excluding carboxylic acids is 1. The average Bonchev–Trinajstić information content (AvgIpc) is 2.53. The Hall–Kier alpha value is -2.05. The summed E-state index contributed by atoms with van der Waals surface area (Å²) < 4.78 is 31.2. The summed E-state index contributed by atoms with van der Waals surface area (Å²) in [6, 6.07) is 14.2. The molecule has 0 aliphatic rings. The second-order valence-corrected chi connectivity index (χ2v) is 8.91. The minimum Gasteiger partial charge on any atom is -0.444 e. The van der Waals surface area contributed by atoms with Crippen molar-refractivity contribution < 1.29 is 17.9 Å². The molecule has 1 atom stereocenters. The third-order valence-corrected chi connectivity index (χ3v) is 5.39. The molecule has 0 aliphatic carbocycles. The number of sulfone groups is 1. The highest BCUT2D eigenvalue weighted by molar-refractivity contribution is 7.91. The van der Waals surface area contributed by atoms with Gasteiger partial charge in [-0.1, -0.05) is 41.9 Å². The fourth-order valence-electron chi connectivity index (χ4n) is 2.14. The van der Waals surface area contributed by atoms with Crippen LogP contribution in [0.2, 0.25) is 5.02 Å². The largest absolute Gasteiger partial charge is 0.444 e. The van der Waals surface area contributed by atoms with Crippen molar-refractivity contribution in [1.82, 2.24) is 5.32 Å². The molecular weight excluding hydrogens is 362 g/mol. The van der Waals surface area contributed by atoms with Crippen molar-refractivity contribution in [3.05, 3.63) is 65.2 Å². The number of benzene rings is 2. The molecular formula is C18H20ClNO4S. The van der Waals surface area contributed by atoms with Gasteiger partial charge in [0.25, 0.3) is 0 Å². The lowest BCUT2D eigenvalue weighted by atomic mass is 10.2. The lowest BCUT2D eigenvalue weighted by molar-refractivity contribution is 0.0519. The van der Waals surface area contributed by atoms with Gasteiger partial charge < -0.3 is 10.1 Å². The smallest absolute Gasteiger partial charge is 0.408 e. The topological polar surface area (TPSA) is 72.5 Å². The third kappa shape index (κ3) is 5.21. The zero-order chi connectivity index (χ0) is 18.7. The van der Waals surface area contributed by atoms with Crippen LogP contribution in [-0.2, 0) is 14.6 Å². The van der Waals surface area contributed by atoms with Crippen LogP contribution < -0.4 is 5.32 Å². The number of nitrogens with one attached hydrogen (secondary N) is 1. The normalized spacial score (nSPS) is 13.1. The second-order valence-electron chi connectivity index (χ2n) is 6.44. The average molecular weight is 382 g/mol. The fraction of sp³-hybridized carbons (Fsp3) is 0.278. The molecule has 0 aliphatic heterocycles. The van der Waals surface area contributed by atoms with Crippen molar-refractivity contribution in [3.63, 3.8) is 0 Å². The Labute approximate surface area is 152 Å². The van der Waals surface area contributed by atoms with Crippen molar-refractivity contribution in [2.45, 2.75) is 36.6 Å². The van der Waals surface area contributed by atoms with E-state index in [1.165, 1.54) is 12.1 Å². The zero-order valence-corrected chi connectivity index (χ0v) is 15.8. The highest BCUT2D eigenvalue weighted by atomic mass is 35.5. The Bertz CT molecular complexity index is 828. The van der Waals surface area contributed by atoms with E-state index in [-0.39, 0.29) is 4.90 Å². The molecule has 0 unspecified atom stereocenters. The molecule has 1 N–H and O–H groups in total. The Morgan fingerprint density at radius 3 is 2.12 bits per heavy atom. The number of rotatable bonds is 4. The summed E-state index contributed by atoms with van der Waals surface area (Å²) in [5.74, 6) is 0.